The van der Waals surface area contributed by atoms with Crippen molar-refractivity contribution in [1.29, 1.82) is 0 Å². The van der Waals surface area contributed by atoms with Crippen molar-refractivity contribution >= 4 is 35.1 Å². The number of carbonyl (C=O) groups excluding carboxylic acids is 3. The number of amides is 2. The van der Waals surface area contributed by atoms with Gasteiger partial charge in [-0.1, -0.05) is 29.8 Å². The predicted octanol–water partition coefficient (Wildman–Crippen LogP) is 4.16. The van der Waals surface area contributed by atoms with Crippen LogP contribution < -0.4 is 5.32 Å². The Morgan fingerprint density at radius 1 is 0.973 bits per heavy atom. The van der Waals surface area contributed by atoms with Gasteiger partial charge in [-0.15, -0.1) is 0 Å². The van der Waals surface area contributed by atoms with Gasteiger partial charge in [-0.25, -0.2) is 9.97 Å². The van der Waals surface area contributed by atoms with E-state index in [1.807, 2.05) is 6.07 Å². The summed E-state index contributed by atoms with van der Waals surface area (Å²) in [5.41, 5.74) is 3.14. The first kappa shape index (κ1) is 24.3. The van der Waals surface area contributed by atoms with Crippen molar-refractivity contribution in [2.24, 2.45) is 0 Å². The first-order valence-corrected chi connectivity index (χ1v) is 12.0. The highest BCUT2D eigenvalue weighted by molar-refractivity contribution is 6.30. The van der Waals surface area contributed by atoms with Crippen LogP contribution >= 0.6 is 11.6 Å². The van der Waals surface area contributed by atoms with Gasteiger partial charge in [-0.05, 0) is 59.2 Å². The molecule has 1 aliphatic rings. The second-order valence-corrected chi connectivity index (χ2v) is 9.12. The van der Waals surface area contributed by atoms with E-state index in [4.69, 9.17) is 11.6 Å². The van der Waals surface area contributed by atoms with Crippen LogP contribution in [0.5, 0.6) is 0 Å². The first-order chi connectivity index (χ1) is 18.0. The van der Waals surface area contributed by atoms with Crippen LogP contribution in [-0.2, 0) is 24.2 Å². The summed E-state index contributed by atoms with van der Waals surface area (Å²) in [6.45, 7) is 0.196. The Kier molecular flexibility index (Phi) is 7.00. The van der Waals surface area contributed by atoms with E-state index >= 15 is 0 Å². The Labute approximate surface area is 218 Å². The Bertz CT molecular complexity index is 1450. The Morgan fingerprint density at radius 2 is 1.76 bits per heavy atom. The fraction of sp³-hybridized carbons (Fsp3) is 0.143. The number of fused-ring (bicyclic) bond motifs is 1. The lowest BCUT2D eigenvalue weighted by Gasteiger charge is -2.29. The molecule has 37 heavy (non-hydrogen) atoms. The topological polar surface area (TPSA) is 105 Å². The van der Waals surface area contributed by atoms with Crippen LogP contribution in [0.4, 0.5) is 5.95 Å². The molecule has 1 N–H and O–H groups in total. The van der Waals surface area contributed by atoms with E-state index in [1.165, 1.54) is 0 Å². The monoisotopic (exact) mass is 511 g/mol. The van der Waals surface area contributed by atoms with Crippen molar-refractivity contribution in [2.75, 3.05) is 5.32 Å². The van der Waals surface area contributed by atoms with Crippen molar-refractivity contribution in [3.05, 3.63) is 118 Å². The largest absolute Gasteiger partial charge is 0.324 e. The summed E-state index contributed by atoms with van der Waals surface area (Å²) in [7, 11) is 0. The lowest BCUT2D eigenvalue weighted by molar-refractivity contribution is -0.122. The van der Waals surface area contributed by atoms with E-state index in [9.17, 15) is 14.4 Å². The standard InChI is InChI=1S/C28H22ClN5O3/c29-22-8-9-23-21(14-22)15-25(35)24(13-19-3-1-10-30-16-19)34(27(23)37)17-18-4-6-20(7-5-18)26(36)33-28-31-11-2-12-32-28/h1-12,14,16,24H,13,15,17H2,(H,31,32,33,36)/t24-/m1/s1. The number of halogens is 1. The van der Waals surface area contributed by atoms with Crippen LogP contribution in [0, 0.1) is 0 Å². The Balaban J connectivity index is 1.42. The minimum absolute atomic E-state index is 0.0721. The summed E-state index contributed by atoms with van der Waals surface area (Å²) in [6.07, 6.45) is 6.91. The minimum Gasteiger partial charge on any atom is -0.324 e. The molecular formula is C28H22ClN5O3. The van der Waals surface area contributed by atoms with E-state index in [1.54, 1.807) is 84.3 Å². The number of hydrogen-bond donors (Lipinski definition) is 1. The molecule has 3 heterocycles. The van der Waals surface area contributed by atoms with Crippen molar-refractivity contribution in [2.45, 2.75) is 25.4 Å². The van der Waals surface area contributed by atoms with Crippen molar-refractivity contribution in [3.63, 3.8) is 0 Å². The molecular weight excluding hydrogens is 490 g/mol. The number of carbonyl (C=O) groups is 3. The van der Waals surface area contributed by atoms with Crippen LogP contribution in [0.2, 0.25) is 5.02 Å². The molecule has 2 amide bonds. The number of benzene rings is 2. The molecule has 0 radical (unpaired) electrons. The van der Waals surface area contributed by atoms with Gasteiger partial charge in [0.2, 0.25) is 5.95 Å². The van der Waals surface area contributed by atoms with E-state index in [0.717, 1.165) is 11.1 Å². The van der Waals surface area contributed by atoms with Crippen molar-refractivity contribution in [3.8, 4) is 0 Å². The summed E-state index contributed by atoms with van der Waals surface area (Å²) in [5, 5.41) is 3.12. The van der Waals surface area contributed by atoms with Crippen LogP contribution in [0.15, 0.2) is 85.5 Å². The molecule has 0 bridgehead atoms. The quantitative estimate of drug-likeness (QED) is 0.417. The smallest absolute Gasteiger partial charge is 0.258 e. The number of Topliss-reactive ketones (excluding diaryl/α,β-unsaturated/α-hetero) is 1. The molecule has 0 aliphatic carbocycles. The van der Waals surface area contributed by atoms with Crippen LogP contribution in [0.1, 0.15) is 37.4 Å². The maximum Gasteiger partial charge on any atom is 0.258 e. The van der Waals surface area contributed by atoms with Crippen LogP contribution in [-0.4, -0.2) is 43.5 Å². The van der Waals surface area contributed by atoms with Gasteiger partial charge in [-0.2, -0.15) is 0 Å². The van der Waals surface area contributed by atoms with Gasteiger partial charge < -0.3 is 4.90 Å². The van der Waals surface area contributed by atoms with Gasteiger partial charge in [0.05, 0.1) is 6.04 Å². The molecule has 2 aromatic heterocycles. The number of rotatable bonds is 6. The summed E-state index contributed by atoms with van der Waals surface area (Å²) in [6, 6.07) is 16.6. The SMILES string of the molecule is O=C(Nc1ncccn1)c1ccc(CN2C(=O)c3ccc(Cl)cc3CC(=O)[C@H]2Cc2cccnc2)cc1. The third kappa shape index (κ3) is 5.54. The fourth-order valence-corrected chi connectivity index (χ4v) is 4.53. The minimum atomic E-state index is -0.680. The number of anilines is 1. The molecule has 0 spiro atoms. The number of pyridine rings is 1. The Morgan fingerprint density at radius 3 is 2.49 bits per heavy atom. The molecule has 1 atom stereocenters. The maximum atomic E-state index is 13.7. The third-order valence-corrected chi connectivity index (χ3v) is 6.42. The second-order valence-electron chi connectivity index (χ2n) is 8.68. The summed E-state index contributed by atoms with van der Waals surface area (Å²) >= 11 is 6.16. The molecule has 8 nitrogen and oxygen atoms in total. The zero-order valence-corrected chi connectivity index (χ0v) is 20.4. The second kappa shape index (κ2) is 10.7. The highest BCUT2D eigenvalue weighted by Gasteiger charge is 2.35. The molecule has 1 aliphatic heterocycles. The van der Waals surface area contributed by atoms with Gasteiger partial charge in [0.1, 0.15) is 0 Å². The molecule has 2 aromatic carbocycles. The Hall–Kier alpha value is -4.43. The molecule has 0 unspecified atom stereocenters. The van der Waals surface area contributed by atoms with Gasteiger partial charge in [0, 0.05) is 60.3 Å². The van der Waals surface area contributed by atoms with E-state index in [-0.39, 0.29) is 36.5 Å². The molecule has 4 aromatic rings. The lowest BCUT2D eigenvalue weighted by Crippen LogP contribution is -2.44. The molecule has 5 rings (SSSR count). The third-order valence-electron chi connectivity index (χ3n) is 6.18. The number of hydrogen-bond acceptors (Lipinski definition) is 6. The number of nitrogens with one attached hydrogen (secondary N) is 1. The summed E-state index contributed by atoms with van der Waals surface area (Å²) in [4.78, 5) is 53.5. The number of nitrogens with zero attached hydrogens (tertiary/aromatic N) is 4. The van der Waals surface area contributed by atoms with Gasteiger partial charge in [-0.3, -0.25) is 24.7 Å². The lowest BCUT2D eigenvalue weighted by atomic mass is 9.98. The van der Waals surface area contributed by atoms with E-state index < -0.39 is 6.04 Å². The summed E-state index contributed by atoms with van der Waals surface area (Å²) < 4.78 is 0. The number of aromatic nitrogens is 3. The molecule has 9 heteroatoms. The van der Waals surface area contributed by atoms with Gasteiger partial charge in [0.25, 0.3) is 11.8 Å². The van der Waals surface area contributed by atoms with Crippen LogP contribution in [0.3, 0.4) is 0 Å². The van der Waals surface area contributed by atoms with E-state index in [2.05, 4.69) is 20.3 Å². The summed E-state index contributed by atoms with van der Waals surface area (Å²) in [5.74, 6) is -0.451. The van der Waals surface area contributed by atoms with Crippen molar-refractivity contribution < 1.29 is 14.4 Å². The molecule has 184 valence electrons. The van der Waals surface area contributed by atoms with Crippen molar-refractivity contribution in [1.82, 2.24) is 19.9 Å². The van der Waals surface area contributed by atoms with Crippen LogP contribution in [0.25, 0.3) is 0 Å². The highest BCUT2D eigenvalue weighted by Crippen LogP contribution is 2.27. The normalized spacial score (nSPS) is 15.2. The van der Waals surface area contributed by atoms with Gasteiger partial charge in [0.15, 0.2) is 5.78 Å². The molecule has 0 fully saturated rings. The van der Waals surface area contributed by atoms with Gasteiger partial charge >= 0.3 is 0 Å². The zero-order chi connectivity index (χ0) is 25.8. The average molecular weight is 512 g/mol. The highest BCUT2D eigenvalue weighted by atomic mass is 35.5. The first-order valence-electron chi connectivity index (χ1n) is 11.7. The maximum absolute atomic E-state index is 13.7. The fourth-order valence-electron chi connectivity index (χ4n) is 4.34. The zero-order valence-electron chi connectivity index (χ0n) is 19.7. The molecule has 0 saturated carbocycles. The number of ketones is 1. The van der Waals surface area contributed by atoms with E-state index in [0.29, 0.717) is 28.1 Å². The average Bonchev–Trinajstić information content (AvgIpc) is 3.00. The predicted molar refractivity (Wildman–Crippen MR) is 138 cm³/mol. The molecule has 0 saturated heterocycles.